The van der Waals surface area contributed by atoms with Crippen molar-refractivity contribution in [1.29, 1.82) is 0 Å². The van der Waals surface area contributed by atoms with E-state index < -0.39 is 120 Å². The fourth-order valence-electron chi connectivity index (χ4n) is 7.17. The van der Waals surface area contributed by atoms with E-state index in [1.54, 1.807) is 58.6 Å². The van der Waals surface area contributed by atoms with Crippen molar-refractivity contribution in [2.45, 2.75) is 147 Å². The monoisotopic (exact) mass is 772 g/mol. The van der Waals surface area contributed by atoms with E-state index in [1.807, 2.05) is 18.2 Å². The van der Waals surface area contributed by atoms with Crippen LogP contribution in [0, 0.1) is 11.8 Å². The largest absolute Gasteiger partial charge is 0.481 e. The molecular weight excluding hydrogens is 712 g/mol. The number of carbonyl (C=O) groups is 7. The molecule has 2 saturated heterocycles. The van der Waals surface area contributed by atoms with Crippen LogP contribution < -0.4 is 26.6 Å². The molecule has 16 heteroatoms. The van der Waals surface area contributed by atoms with E-state index in [1.165, 1.54) is 6.92 Å². The van der Waals surface area contributed by atoms with Crippen molar-refractivity contribution in [2.75, 3.05) is 6.54 Å². The maximum absolute atomic E-state index is 14.2. The lowest BCUT2D eigenvalue weighted by Crippen LogP contribution is -2.64. The summed E-state index contributed by atoms with van der Waals surface area (Å²) < 4.78 is 0. The number of aliphatic carboxylic acids is 1. The van der Waals surface area contributed by atoms with Gasteiger partial charge in [-0.25, -0.2) is 0 Å². The lowest BCUT2D eigenvalue weighted by Gasteiger charge is -2.38. The van der Waals surface area contributed by atoms with Crippen LogP contribution in [-0.2, 0) is 40.0 Å². The van der Waals surface area contributed by atoms with E-state index in [9.17, 15) is 48.9 Å². The maximum Gasteiger partial charge on any atom is 0.305 e. The van der Waals surface area contributed by atoms with Crippen LogP contribution in [0.2, 0.25) is 0 Å². The number of rotatable bonds is 8. The summed E-state index contributed by atoms with van der Waals surface area (Å²) in [6, 6.07) is 2.29. The Labute approximate surface area is 322 Å². The Morgan fingerprint density at radius 2 is 1.56 bits per heavy atom. The number of hydrogen-bond acceptors (Lipinski definition) is 10. The number of carboxylic acids is 1. The third-order valence-corrected chi connectivity index (χ3v) is 9.83. The zero-order valence-corrected chi connectivity index (χ0v) is 33.0. The van der Waals surface area contributed by atoms with E-state index in [2.05, 4.69) is 26.6 Å². The molecule has 5 amide bonds. The highest BCUT2D eigenvalue weighted by Gasteiger charge is 2.44. The standard InChI is InChI=1S/C39H60N6O10/c1-21(2)16-28-36(53)42-27(19-33(50)51)30(47)18-25(23(4)46)35(52)40-22(3)34(38(55)44-39(5,6)7)45-15-11-14-29(45)37(54)43-26(31(48)20-32(49)41-28)17-24-12-9-8-10-13-24/h8-10,12-13,21-23,25-29,31,34,46,48H,11,14-20H2,1-7H3,(H,40,52)(H,41,49)(H,42,53)(H,43,54)(H,44,55)(H,50,51)/t22-,23+,25-,26-,27-,28-,29-,31-,34-/m0/s1. The van der Waals surface area contributed by atoms with Gasteiger partial charge >= 0.3 is 5.97 Å². The minimum absolute atomic E-state index is 0.101. The molecule has 16 nitrogen and oxygen atoms in total. The van der Waals surface area contributed by atoms with Crippen molar-refractivity contribution >= 4 is 41.3 Å². The molecule has 2 aliphatic heterocycles. The molecule has 8 N–H and O–H groups in total. The molecule has 9 atom stereocenters. The number of nitrogens with zero attached hydrogens (tertiary/aromatic N) is 1. The van der Waals surface area contributed by atoms with Crippen LogP contribution in [-0.4, -0.2) is 122 Å². The molecule has 1 aromatic rings. The van der Waals surface area contributed by atoms with Gasteiger partial charge in [0.15, 0.2) is 5.78 Å². The molecule has 0 spiro atoms. The molecule has 0 saturated carbocycles. The summed E-state index contributed by atoms with van der Waals surface area (Å²) in [7, 11) is 0. The van der Waals surface area contributed by atoms with Gasteiger partial charge in [0, 0.05) is 12.0 Å². The minimum atomic E-state index is -1.61. The van der Waals surface area contributed by atoms with Gasteiger partial charge in [0.05, 0.1) is 55.1 Å². The van der Waals surface area contributed by atoms with E-state index in [0.717, 1.165) is 5.56 Å². The second-order valence-electron chi connectivity index (χ2n) is 16.4. The molecule has 0 unspecified atom stereocenters. The first-order valence-corrected chi connectivity index (χ1v) is 19.1. The van der Waals surface area contributed by atoms with Gasteiger partial charge in [-0.15, -0.1) is 0 Å². The molecule has 0 aliphatic carbocycles. The van der Waals surface area contributed by atoms with Gasteiger partial charge in [0.25, 0.3) is 0 Å². The molecule has 55 heavy (non-hydrogen) atoms. The highest BCUT2D eigenvalue weighted by atomic mass is 16.4. The number of carboxylic acid groups (broad SMARTS) is 1. The summed E-state index contributed by atoms with van der Waals surface area (Å²) in [4.78, 5) is 96.2. The first kappa shape index (κ1) is 45.0. The van der Waals surface area contributed by atoms with Crippen LogP contribution in [0.25, 0.3) is 0 Å². The van der Waals surface area contributed by atoms with Gasteiger partial charge < -0.3 is 41.9 Å². The number of nitrogens with one attached hydrogen (secondary N) is 5. The number of aliphatic hydroxyl groups excluding tert-OH is 2. The van der Waals surface area contributed by atoms with Crippen molar-refractivity contribution < 1.29 is 48.9 Å². The molecule has 306 valence electrons. The molecule has 0 aromatic heterocycles. The Morgan fingerprint density at radius 1 is 0.909 bits per heavy atom. The third-order valence-electron chi connectivity index (χ3n) is 9.83. The molecule has 1 aromatic carbocycles. The van der Waals surface area contributed by atoms with Crippen molar-refractivity contribution in [3.8, 4) is 0 Å². The predicted octanol–water partition coefficient (Wildman–Crippen LogP) is 0.178. The van der Waals surface area contributed by atoms with Crippen molar-refractivity contribution in [3.63, 3.8) is 0 Å². The molecule has 0 radical (unpaired) electrons. The van der Waals surface area contributed by atoms with Crippen LogP contribution >= 0.6 is 0 Å². The number of ketones is 1. The molecular formula is C39H60N6O10. The summed E-state index contributed by atoms with van der Waals surface area (Å²) in [5.41, 5.74) is 0.0712. The summed E-state index contributed by atoms with van der Waals surface area (Å²) in [5, 5.41) is 45.5. The maximum atomic E-state index is 14.2. The second kappa shape index (κ2) is 20.0. The zero-order valence-electron chi connectivity index (χ0n) is 33.0. The Balaban J connectivity index is 2.13. The average Bonchev–Trinajstić information content (AvgIpc) is 3.54. The highest BCUT2D eigenvalue weighted by Crippen LogP contribution is 2.25. The van der Waals surface area contributed by atoms with Crippen molar-refractivity contribution in [2.24, 2.45) is 11.8 Å². The molecule has 3 rings (SSSR count). The second-order valence-corrected chi connectivity index (χ2v) is 16.4. The molecule has 2 aliphatic rings. The average molecular weight is 773 g/mol. The zero-order chi connectivity index (χ0) is 41.2. The van der Waals surface area contributed by atoms with Gasteiger partial charge in [-0.2, -0.15) is 0 Å². The first-order chi connectivity index (χ1) is 25.7. The minimum Gasteiger partial charge on any atom is -0.481 e. The van der Waals surface area contributed by atoms with E-state index in [-0.39, 0.29) is 18.8 Å². The van der Waals surface area contributed by atoms with Crippen molar-refractivity contribution in [3.05, 3.63) is 35.9 Å². The van der Waals surface area contributed by atoms with Gasteiger partial charge in [0.1, 0.15) is 12.1 Å². The molecule has 2 fully saturated rings. The van der Waals surface area contributed by atoms with E-state index >= 15 is 0 Å². The quantitative estimate of drug-likeness (QED) is 0.177. The fraction of sp³-hybridized carbons (Fsp3) is 0.667. The normalized spacial score (nSPS) is 28.9. The number of carbonyl (C=O) groups excluding carboxylic acids is 6. The third kappa shape index (κ3) is 13.7. The lowest BCUT2D eigenvalue weighted by molar-refractivity contribution is -0.141. The molecule has 2 heterocycles. The summed E-state index contributed by atoms with van der Waals surface area (Å²) in [6.45, 7) is 12.1. The van der Waals surface area contributed by atoms with E-state index in [4.69, 9.17) is 0 Å². The summed E-state index contributed by atoms with van der Waals surface area (Å²) in [6.07, 6.45) is -3.70. The van der Waals surface area contributed by atoms with Crippen LogP contribution in [0.1, 0.15) is 92.6 Å². The van der Waals surface area contributed by atoms with Gasteiger partial charge in [-0.3, -0.25) is 38.5 Å². The van der Waals surface area contributed by atoms with Crippen LogP contribution in [0.15, 0.2) is 30.3 Å². The number of amides is 5. The lowest BCUT2D eigenvalue weighted by atomic mass is 9.91. The first-order valence-electron chi connectivity index (χ1n) is 19.1. The number of hydrogen-bond donors (Lipinski definition) is 8. The Kier molecular flexibility index (Phi) is 16.3. The summed E-state index contributed by atoms with van der Waals surface area (Å²) >= 11 is 0. The topological polar surface area (TPSA) is 244 Å². The van der Waals surface area contributed by atoms with Gasteiger partial charge in [0.2, 0.25) is 29.5 Å². The molecule has 0 bridgehead atoms. The number of Topliss-reactive ketones (excluding diaryl/α,β-unsaturated/α-hetero) is 1. The SMILES string of the molecule is CC(C)C[C@@H]1NC(=O)C[C@H](O)[C@H](Cc2ccccc2)NC(=O)[C@@H]2CCCN2[C@H](C(=O)NC(C)(C)C)[C@H](C)NC(=O)[C@H]([C@@H](C)O)CC(=O)[C@H](CC(=O)O)NC1=O. The van der Waals surface area contributed by atoms with Crippen LogP contribution in [0.3, 0.4) is 0 Å². The predicted molar refractivity (Wildman–Crippen MR) is 202 cm³/mol. The van der Waals surface area contributed by atoms with Gasteiger partial charge in [-0.05, 0) is 78.3 Å². The number of aliphatic hydroxyl groups is 2. The number of fused-ring (bicyclic) bond motifs is 1. The smallest absolute Gasteiger partial charge is 0.305 e. The van der Waals surface area contributed by atoms with Crippen LogP contribution in [0.5, 0.6) is 0 Å². The Morgan fingerprint density at radius 3 is 2.15 bits per heavy atom. The summed E-state index contributed by atoms with van der Waals surface area (Å²) in [5.74, 6) is -7.13. The highest BCUT2D eigenvalue weighted by molar-refractivity contribution is 5.97. The van der Waals surface area contributed by atoms with Crippen molar-refractivity contribution in [1.82, 2.24) is 31.5 Å². The van der Waals surface area contributed by atoms with E-state index in [0.29, 0.717) is 19.4 Å². The van der Waals surface area contributed by atoms with Crippen LogP contribution in [0.4, 0.5) is 0 Å². The Bertz CT molecular complexity index is 1530. The van der Waals surface area contributed by atoms with Gasteiger partial charge in [-0.1, -0.05) is 44.2 Å². The fourth-order valence-corrected chi connectivity index (χ4v) is 7.17. The Hall–Kier alpha value is -4.41. The number of benzene rings is 1.